The maximum atomic E-state index is 13.0. The van der Waals surface area contributed by atoms with Crippen molar-refractivity contribution in [2.45, 2.75) is 75.9 Å². The molecule has 0 aliphatic carbocycles. The molecule has 12 N–H and O–H groups in total. The number of para-hydroxylation sites is 3. The Bertz CT molecular complexity index is 2670. The van der Waals surface area contributed by atoms with E-state index in [1.165, 1.54) is 14.0 Å². The molecule has 0 spiro atoms. The summed E-state index contributed by atoms with van der Waals surface area (Å²) >= 11 is 18.7. The van der Waals surface area contributed by atoms with Crippen molar-refractivity contribution in [2.75, 3.05) is 72.4 Å². The van der Waals surface area contributed by atoms with Gasteiger partial charge >= 0.3 is 0 Å². The van der Waals surface area contributed by atoms with E-state index in [-0.39, 0.29) is 35.5 Å². The van der Waals surface area contributed by atoms with Gasteiger partial charge in [0.1, 0.15) is 17.5 Å². The molecule has 6 aromatic rings. The first kappa shape index (κ1) is 46.6. The van der Waals surface area contributed by atoms with E-state index in [0.29, 0.717) is 91.1 Å². The average molecular weight is 995 g/mol. The molecule has 9 heterocycles. The van der Waals surface area contributed by atoms with Crippen LogP contribution < -0.4 is 49.1 Å². The Morgan fingerprint density at radius 3 is 1.03 bits per heavy atom. The number of hydrogen-bond acceptors (Lipinski definition) is 15. The molecule has 6 aliphatic rings. The highest BCUT2D eigenvalue weighted by atomic mass is 35.5. The van der Waals surface area contributed by atoms with Crippen molar-refractivity contribution in [3.8, 4) is 0 Å². The molecule has 0 fully saturated rings. The minimum atomic E-state index is -0.276. The number of hydrogen-bond donors (Lipinski definition) is 9. The van der Waals surface area contributed by atoms with E-state index >= 15 is 0 Å². The van der Waals surface area contributed by atoms with Crippen LogP contribution in [0.25, 0.3) is 0 Å². The number of rotatable bonds is 3. The van der Waals surface area contributed by atoms with Crippen molar-refractivity contribution in [1.29, 1.82) is 0 Å². The van der Waals surface area contributed by atoms with Crippen LogP contribution in [-0.2, 0) is 38.9 Å². The summed E-state index contributed by atoms with van der Waals surface area (Å²) in [4.78, 5) is 39.1. The van der Waals surface area contributed by atoms with Crippen molar-refractivity contribution < 1.29 is 14.4 Å². The maximum absolute atomic E-state index is 13.0. The lowest BCUT2D eigenvalue weighted by molar-refractivity contribution is 0.0851. The Kier molecular flexibility index (Phi) is 13.3. The van der Waals surface area contributed by atoms with Crippen LogP contribution in [-0.4, -0.2) is 86.3 Å². The van der Waals surface area contributed by atoms with Crippen LogP contribution >= 0.6 is 34.8 Å². The van der Waals surface area contributed by atoms with Crippen molar-refractivity contribution in [1.82, 2.24) is 45.3 Å². The van der Waals surface area contributed by atoms with Gasteiger partial charge in [-0.3, -0.25) is 14.4 Å². The van der Waals surface area contributed by atoms with Crippen LogP contribution in [0.5, 0.6) is 0 Å². The summed E-state index contributed by atoms with van der Waals surface area (Å²) in [5.41, 5.74) is 29.5. The second kappa shape index (κ2) is 19.7. The molecule has 6 aliphatic heterocycles. The minimum absolute atomic E-state index is 0.0816. The van der Waals surface area contributed by atoms with Gasteiger partial charge < -0.3 is 49.1 Å². The third kappa shape index (κ3) is 8.78. The zero-order valence-corrected chi connectivity index (χ0v) is 40.1. The van der Waals surface area contributed by atoms with Crippen molar-refractivity contribution >= 4 is 87.0 Å². The van der Waals surface area contributed by atoms with Crippen LogP contribution in [0.4, 0.5) is 34.5 Å². The topological polar surface area (TPSA) is 255 Å². The van der Waals surface area contributed by atoms with E-state index in [2.05, 4.69) is 47.2 Å². The lowest BCUT2D eigenvalue weighted by Crippen LogP contribution is -2.28. The summed E-state index contributed by atoms with van der Waals surface area (Å²) in [6.07, 6.45) is 4.53. The van der Waals surface area contributed by atoms with E-state index in [1.54, 1.807) is 0 Å². The number of nitrogens with zero attached hydrogens (tertiary/aromatic N) is 6. The van der Waals surface area contributed by atoms with Gasteiger partial charge in [-0.15, -0.1) is 0 Å². The Balaban J connectivity index is 0.000000120. The molecule has 21 heteroatoms. The average Bonchev–Trinajstić information content (AvgIpc) is 4.03. The van der Waals surface area contributed by atoms with Gasteiger partial charge in [0.2, 0.25) is 0 Å². The number of nitrogen functional groups attached to an aromatic ring is 3. The Morgan fingerprint density at radius 1 is 0.464 bits per heavy atom. The quantitative estimate of drug-likeness (QED) is 0.0984. The number of halogens is 3. The highest BCUT2D eigenvalue weighted by molar-refractivity contribution is 6.34. The van der Waals surface area contributed by atoms with Crippen LogP contribution in [0, 0.1) is 0 Å². The van der Waals surface area contributed by atoms with E-state index in [9.17, 15) is 14.4 Å². The summed E-state index contributed by atoms with van der Waals surface area (Å²) in [5, 5.41) is 34.8. The zero-order chi connectivity index (χ0) is 47.9. The number of carbonyl (C=O) groups excluding carboxylic acids is 3. The number of aromatic nitrogens is 6. The van der Waals surface area contributed by atoms with Gasteiger partial charge in [0.15, 0.2) is 0 Å². The van der Waals surface area contributed by atoms with E-state index in [1.807, 2.05) is 54.6 Å². The van der Waals surface area contributed by atoms with Gasteiger partial charge in [-0.1, -0.05) is 71.2 Å². The molecule has 360 valence electrons. The largest absolute Gasteiger partial charge is 0.384 e. The molecular formula is C48H54Cl3N15O3. The highest BCUT2D eigenvalue weighted by Crippen LogP contribution is 2.41. The van der Waals surface area contributed by atoms with Crippen molar-refractivity contribution in [2.24, 2.45) is 0 Å². The summed E-state index contributed by atoms with van der Waals surface area (Å²) in [5.74, 6) is 0.367. The first-order valence-electron chi connectivity index (χ1n) is 23.4. The fourth-order valence-electron chi connectivity index (χ4n) is 10.3. The molecule has 2 unspecified atom stereocenters. The van der Waals surface area contributed by atoms with E-state index < -0.39 is 0 Å². The molecule has 0 bridgehead atoms. The van der Waals surface area contributed by atoms with Gasteiger partial charge in [0, 0.05) is 56.0 Å². The predicted molar refractivity (Wildman–Crippen MR) is 270 cm³/mol. The molecule has 0 amide bonds. The molecule has 0 saturated carbocycles. The summed E-state index contributed by atoms with van der Waals surface area (Å²) in [6, 6.07) is 16.9. The fourth-order valence-corrected chi connectivity index (χ4v) is 11.0. The molecule has 69 heavy (non-hydrogen) atoms. The zero-order valence-electron chi connectivity index (χ0n) is 37.8. The lowest BCUT2D eigenvalue weighted by Gasteiger charge is -2.26. The molecule has 3 aromatic carbocycles. The summed E-state index contributed by atoms with van der Waals surface area (Å²) in [6.45, 7) is 6.69. The third-order valence-electron chi connectivity index (χ3n) is 13.8. The second-order valence-corrected chi connectivity index (χ2v) is 19.1. The number of anilines is 6. The number of nitrogens with two attached hydrogens (primary N) is 3. The van der Waals surface area contributed by atoms with Crippen LogP contribution in [0.2, 0.25) is 15.1 Å². The minimum Gasteiger partial charge on any atom is -0.384 e. The number of carbonyl (C=O) groups is 3. The number of benzene rings is 3. The van der Waals surface area contributed by atoms with Gasteiger partial charge in [0.05, 0.1) is 67.0 Å². The third-order valence-corrected chi connectivity index (χ3v) is 14.8. The highest BCUT2D eigenvalue weighted by Gasteiger charge is 2.35. The van der Waals surface area contributed by atoms with Crippen molar-refractivity contribution in [3.05, 3.63) is 120 Å². The molecule has 0 radical (unpaired) electrons. The van der Waals surface area contributed by atoms with Gasteiger partial charge in [-0.25, -0.2) is 0 Å². The van der Waals surface area contributed by atoms with Crippen LogP contribution in [0.15, 0.2) is 54.6 Å². The van der Waals surface area contributed by atoms with Gasteiger partial charge in [0.25, 0.3) is 17.7 Å². The van der Waals surface area contributed by atoms with E-state index in [0.717, 1.165) is 106 Å². The maximum Gasteiger partial charge on any atom is 0.256 e. The van der Waals surface area contributed by atoms with Gasteiger partial charge in [-0.2, -0.15) is 29.3 Å². The van der Waals surface area contributed by atoms with Gasteiger partial charge in [-0.05, 0) is 93.0 Å². The van der Waals surface area contributed by atoms with E-state index in [4.69, 9.17) is 52.0 Å². The molecule has 18 nitrogen and oxygen atoms in total. The Hall–Kier alpha value is -6.15. The molecule has 3 atom stereocenters. The van der Waals surface area contributed by atoms with Crippen molar-refractivity contribution in [3.63, 3.8) is 0 Å². The normalized spacial score (nSPS) is 19.6. The van der Waals surface area contributed by atoms with Crippen LogP contribution in [0.1, 0.15) is 102 Å². The van der Waals surface area contributed by atoms with Crippen LogP contribution in [0.3, 0.4) is 0 Å². The second-order valence-electron chi connectivity index (χ2n) is 17.9. The fraction of sp³-hybridized carbons (Fsp3) is 0.375. The Labute approximate surface area is 413 Å². The standard InChI is InChI=1S/3C16H18ClN5O/c3*17-12-3-1-2-9-10(5-7-20-14(9)12)16(23)22-15(18)11-4-6-19-8-13(11)21-22/h3*1-3,10,19-20H,4-8,18H2/t10-;;/m0../s1. The number of nitrogens with one attached hydrogen (secondary N) is 6. The lowest BCUT2D eigenvalue weighted by atomic mass is 9.90. The summed E-state index contributed by atoms with van der Waals surface area (Å²) in [7, 11) is 0. The molecule has 12 rings (SSSR count). The predicted octanol–water partition coefficient (Wildman–Crippen LogP) is 6.01. The number of fused-ring (bicyclic) bond motifs is 6. The Morgan fingerprint density at radius 2 is 0.754 bits per heavy atom. The smallest absolute Gasteiger partial charge is 0.256 e. The molecular weight excluding hydrogens is 941 g/mol. The first-order chi connectivity index (χ1) is 33.5. The monoisotopic (exact) mass is 993 g/mol. The summed E-state index contributed by atoms with van der Waals surface area (Å²) < 4.78 is 4.16. The first-order valence-corrected chi connectivity index (χ1v) is 24.5. The molecule has 0 saturated heterocycles. The SMILES string of the molecule is Nc1c2c(nn1C(=O)C1CCNc3c(Cl)cccc31)CNCC2.Nc1c2c(nn1C(=O)C1CCNc3c(Cl)cccc31)CNCC2.Nc1c2c(nn1C(=O)[C@H]1CCNc3c(Cl)cccc31)CNCC2. The molecule has 3 aromatic heterocycles.